The number of aryl methyl sites for hydroxylation is 1. The zero-order chi connectivity index (χ0) is 18.0. The van der Waals surface area contributed by atoms with Crippen molar-refractivity contribution >= 4 is 22.9 Å². The first kappa shape index (κ1) is 15.3. The van der Waals surface area contributed by atoms with Gasteiger partial charge in [-0.2, -0.15) is 0 Å². The van der Waals surface area contributed by atoms with E-state index in [0.29, 0.717) is 23.7 Å². The third-order valence-electron chi connectivity index (χ3n) is 5.68. The maximum Gasteiger partial charge on any atom is 0.219 e. The zero-order valence-corrected chi connectivity index (χ0v) is 14.8. The van der Waals surface area contributed by atoms with Crippen LogP contribution in [0.4, 0.5) is 5.82 Å². The molecule has 2 aliphatic rings. The minimum Gasteiger partial charge on any atom is -0.384 e. The highest BCUT2D eigenvalue weighted by molar-refractivity contribution is 5.77. The molecule has 0 bridgehead atoms. The molecule has 3 aromatic rings. The van der Waals surface area contributed by atoms with Crippen LogP contribution in [-0.4, -0.2) is 43.4 Å². The van der Waals surface area contributed by atoms with E-state index in [0.717, 1.165) is 41.3 Å². The molecule has 0 unspecified atom stereocenters. The van der Waals surface area contributed by atoms with Crippen LogP contribution < -0.4 is 5.73 Å². The molecule has 1 aliphatic carbocycles. The fraction of sp³-hybridized carbons (Fsp3) is 0.368. The van der Waals surface area contributed by atoms with E-state index in [9.17, 15) is 4.79 Å². The lowest BCUT2D eigenvalue weighted by Crippen LogP contribution is -2.29. The number of piperidine rings is 1. The second-order valence-electron chi connectivity index (χ2n) is 7.28. The molecule has 7 heteroatoms. The van der Waals surface area contributed by atoms with Crippen LogP contribution in [0.1, 0.15) is 18.8 Å². The number of likely N-dealkylation sites (tertiary alicyclic amines) is 1. The van der Waals surface area contributed by atoms with Crippen LogP contribution in [0, 0.1) is 18.8 Å². The number of rotatable bonds is 2. The highest BCUT2D eigenvalue weighted by atomic mass is 16.2. The normalized spacial score (nSPS) is 24.1. The number of nitrogens with two attached hydrogens (primary N) is 1. The highest BCUT2D eigenvalue weighted by Crippen LogP contribution is 2.56. The Hall–Kier alpha value is -2.96. The van der Waals surface area contributed by atoms with Gasteiger partial charge in [0.1, 0.15) is 17.2 Å². The van der Waals surface area contributed by atoms with Gasteiger partial charge >= 0.3 is 0 Å². The molecule has 3 atom stereocenters. The van der Waals surface area contributed by atoms with Gasteiger partial charge in [-0.05, 0) is 31.2 Å². The van der Waals surface area contributed by atoms with Gasteiger partial charge in [0.05, 0.1) is 5.69 Å². The van der Waals surface area contributed by atoms with Gasteiger partial charge in [-0.1, -0.05) is 0 Å². The molecule has 1 amide bonds. The quantitative estimate of drug-likeness (QED) is 0.765. The van der Waals surface area contributed by atoms with Crippen molar-refractivity contribution in [1.29, 1.82) is 0 Å². The summed E-state index contributed by atoms with van der Waals surface area (Å²) in [7, 11) is 0. The smallest absolute Gasteiger partial charge is 0.219 e. The van der Waals surface area contributed by atoms with Crippen molar-refractivity contribution in [2.24, 2.45) is 11.8 Å². The maximum atomic E-state index is 11.6. The molecule has 2 N–H and O–H groups in total. The number of hydrogen-bond acceptors (Lipinski definition) is 5. The third-order valence-corrected chi connectivity index (χ3v) is 5.68. The molecule has 0 spiro atoms. The Bertz CT molecular complexity index is 1030. The summed E-state index contributed by atoms with van der Waals surface area (Å²) in [6.07, 6.45) is 1.70. The van der Waals surface area contributed by atoms with Crippen LogP contribution in [0.15, 0.2) is 30.5 Å². The first-order valence-corrected chi connectivity index (χ1v) is 8.86. The maximum absolute atomic E-state index is 11.6. The van der Waals surface area contributed by atoms with E-state index in [-0.39, 0.29) is 5.91 Å². The predicted molar refractivity (Wildman–Crippen MR) is 98.2 cm³/mol. The van der Waals surface area contributed by atoms with Crippen molar-refractivity contribution in [3.05, 3.63) is 36.3 Å². The lowest BCUT2D eigenvalue weighted by atomic mass is 10.1. The van der Waals surface area contributed by atoms with E-state index in [1.165, 1.54) is 0 Å². The lowest BCUT2D eigenvalue weighted by molar-refractivity contribution is -0.128. The van der Waals surface area contributed by atoms with Crippen LogP contribution in [0.2, 0.25) is 0 Å². The summed E-state index contributed by atoms with van der Waals surface area (Å²) in [5.41, 5.74) is 9.44. The average Bonchev–Trinajstić information content (AvgIpc) is 2.96. The van der Waals surface area contributed by atoms with Crippen LogP contribution in [-0.2, 0) is 4.79 Å². The average molecular weight is 348 g/mol. The second kappa shape index (κ2) is 5.27. The van der Waals surface area contributed by atoms with Crippen molar-refractivity contribution in [2.75, 3.05) is 18.8 Å². The fourth-order valence-electron chi connectivity index (χ4n) is 4.35. The Kier molecular flexibility index (Phi) is 3.10. The van der Waals surface area contributed by atoms with E-state index >= 15 is 0 Å². The molecule has 26 heavy (non-hydrogen) atoms. The summed E-state index contributed by atoms with van der Waals surface area (Å²) >= 11 is 0. The molecule has 1 aliphatic heterocycles. The molecule has 4 heterocycles. The summed E-state index contributed by atoms with van der Waals surface area (Å²) in [5.74, 6) is 2.65. The summed E-state index contributed by atoms with van der Waals surface area (Å²) in [5, 5.41) is 0. The number of hydrogen-bond donors (Lipinski definition) is 1. The number of imidazole rings is 1. The number of nitrogens with zero attached hydrogens (tertiary/aromatic N) is 5. The Morgan fingerprint density at radius 2 is 1.96 bits per heavy atom. The van der Waals surface area contributed by atoms with Crippen molar-refractivity contribution < 1.29 is 4.79 Å². The number of nitrogen functional groups attached to an aromatic ring is 1. The molecule has 5 rings (SSSR count). The standard InChI is InChI=1S/C19H20N6O/c1-10-22-16-4-3-15(12-5-6-21-17(20)7-12)23-19(16)25(10)18-13-8-24(11(2)26)9-14(13)18/h3-7,13-14,18H,8-9H2,1-2H3,(H2,20,21)/t13-,14+,18+. The van der Waals surface area contributed by atoms with Gasteiger partial charge in [0, 0.05) is 49.7 Å². The lowest BCUT2D eigenvalue weighted by Gasteiger charge is -2.19. The summed E-state index contributed by atoms with van der Waals surface area (Å²) in [4.78, 5) is 27.2. The minimum absolute atomic E-state index is 0.166. The van der Waals surface area contributed by atoms with Gasteiger partial charge in [0.2, 0.25) is 5.91 Å². The number of fused-ring (bicyclic) bond motifs is 2. The molecule has 7 nitrogen and oxygen atoms in total. The molecular weight excluding hydrogens is 328 g/mol. The summed E-state index contributed by atoms with van der Waals surface area (Å²) in [6, 6.07) is 8.12. The van der Waals surface area contributed by atoms with Crippen LogP contribution in [0.25, 0.3) is 22.4 Å². The number of carbonyl (C=O) groups is 1. The number of carbonyl (C=O) groups excluding carboxylic acids is 1. The highest BCUT2D eigenvalue weighted by Gasteiger charge is 2.58. The van der Waals surface area contributed by atoms with Crippen LogP contribution >= 0.6 is 0 Å². The number of anilines is 1. The Morgan fingerprint density at radius 3 is 2.65 bits per heavy atom. The van der Waals surface area contributed by atoms with E-state index in [1.54, 1.807) is 13.1 Å². The summed E-state index contributed by atoms with van der Waals surface area (Å²) in [6.45, 7) is 5.35. The van der Waals surface area contributed by atoms with Gasteiger partial charge in [0.15, 0.2) is 5.65 Å². The van der Waals surface area contributed by atoms with E-state index in [2.05, 4.69) is 9.55 Å². The largest absolute Gasteiger partial charge is 0.384 e. The number of amides is 1. The summed E-state index contributed by atoms with van der Waals surface area (Å²) < 4.78 is 2.26. The molecule has 2 fully saturated rings. The number of pyridine rings is 2. The molecular formula is C19H20N6O. The SMILES string of the molecule is CC(=O)N1C[C@@H]2[C@H](C1)[C@H]2n1c(C)nc2ccc(-c3ccnc(N)c3)nc21. The van der Waals surface area contributed by atoms with E-state index in [1.807, 2.05) is 36.1 Å². The van der Waals surface area contributed by atoms with Crippen molar-refractivity contribution in [2.45, 2.75) is 19.9 Å². The fourth-order valence-corrected chi connectivity index (χ4v) is 4.35. The van der Waals surface area contributed by atoms with Crippen LogP contribution in [0.3, 0.4) is 0 Å². The third kappa shape index (κ3) is 2.20. The Labute approximate surface area is 150 Å². The zero-order valence-electron chi connectivity index (χ0n) is 14.8. The van der Waals surface area contributed by atoms with Crippen molar-refractivity contribution in [3.8, 4) is 11.3 Å². The second-order valence-corrected chi connectivity index (χ2v) is 7.28. The van der Waals surface area contributed by atoms with Gasteiger partial charge in [-0.25, -0.2) is 15.0 Å². The molecule has 1 saturated carbocycles. The topological polar surface area (TPSA) is 89.9 Å². The van der Waals surface area contributed by atoms with Crippen LogP contribution in [0.5, 0.6) is 0 Å². The molecule has 3 aromatic heterocycles. The Balaban J connectivity index is 1.54. The first-order valence-electron chi connectivity index (χ1n) is 8.86. The van der Waals surface area contributed by atoms with Crippen molar-refractivity contribution in [3.63, 3.8) is 0 Å². The van der Waals surface area contributed by atoms with Gasteiger partial charge in [-0.3, -0.25) is 4.79 Å². The van der Waals surface area contributed by atoms with E-state index in [4.69, 9.17) is 15.7 Å². The minimum atomic E-state index is 0.166. The molecule has 0 aromatic carbocycles. The molecule has 1 saturated heterocycles. The number of aromatic nitrogens is 4. The molecule has 132 valence electrons. The van der Waals surface area contributed by atoms with E-state index < -0.39 is 0 Å². The first-order chi connectivity index (χ1) is 12.5. The Morgan fingerprint density at radius 1 is 1.19 bits per heavy atom. The van der Waals surface area contributed by atoms with Gasteiger partial charge in [-0.15, -0.1) is 0 Å². The molecule has 0 radical (unpaired) electrons. The monoisotopic (exact) mass is 348 g/mol. The van der Waals surface area contributed by atoms with Crippen molar-refractivity contribution in [1.82, 2.24) is 24.4 Å². The predicted octanol–water partition coefficient (Wildman–Crippen LogP) is 2.03. The van der Waals surface area contributed by atoms with Gasteiger partial charge in [0.25, 0.3) is 0 Å². The van der Waals surface area contributed by atoms with Gasteiger partial charge < -0.3 is 15.2 Å².